The molecule has 0 aromatic heterocycles. The van der Waals surface area contributed by atoms with Crippen molar-refractivity contribution in [2.75, 3.05) is 5.32 Å². The molecule has 2 aromatic carbocycles. The van der Waals surface area contributed by atoms with Crippen molar-refractivity contribution in [3.05, 3.63) is 64.2 Å². The summed E-state index contributed by atoms with van der Waals surface area (Å²) in [6.07, 6.45) is 2.14. The van der Waals surface area contributed by atoms with E-state index >= 15 is 0 Å². The van der Waals surface area contributed by atoms with Crippen molar-refractivity contribution < 1.29 is 4.79 Å². The van der Waals surface area contributed by atoms with Gasteiger partial charge >= 0.3 is 0 Å². The van der Waals surface area contributed by atoms with Gasteiger partial charge in [-0.3, -0.25) is 4.79 Å². The molecule has 2 aromatic rings. The lowest BCUT2D eigenvalue weighted by molar-refractivity contribution is -0.115. The Morgan fingerprint density at radius 2 is 1.67 bits per heavy atom. The summed E-state index contributed by atoms with van der Waals surface area (Å²) in [4.78, 5) is 12.3. The van der Waals surface area contributed by atoms with Crippen molar-refractivity contribution in [1.82, 2.24) is 0 Å². The van der Waals surface area contributed by atoms with Gasteiger partial charge in [-0.2, -0.15) is 0 Å². The molecule has 0 spiro atoms. The molecule has 0 bridgehead atoms. The molecule has 0 saturated heterocycles. The number of aryl methyl sites for hydroxylation is 2. The normalized spacial score (nSPS) is 10.4. The number of hydrogen-bond acceptors (Lipinski definition) is 1. The number of carbonyl (C=O) groups excluding carboxylic acids is 1. The van der Waals surface area contributed by atoms with Crippen molar-refractivity contribution in [3.63, 3.8) is 0 Å². The Hall–Kier alpha value is -1.80. The van der Waals surface area contributed by atoms with Gasteiger partial charge in [0.2, 0.25) is 5.91 Å². The number of halogens is 1. The van der Waals surface area contributed by atoms with Crippen LogP contribution in [0.3, 0.4) is 0 Å². The Morgan fingerprint density at radius 1 is 1.05 bits per heavy atom. The number of para-hydroxylation sites is 1. The zero-order valence-corrected chi connectivity index (χ0v) is 13.2. The molecule has 3 heteroatoms. The highest BCUT2D eigenvalue weighted by atomic mass is 35.5. The van der Waals surface area contributed by atoms with E-state index in [1.165, 1.54) is 11.1 Å². The molecule has 0 saturated carbocycles. The smallest absolute Gasteiger partial charge is 0.228 e. The van der Waals surface area contributed by atoms with Gasteiger partial charge in [0, 0.05) is 10.7 Å². The van der Waals surface area contributed by atoms with Crippen molar-refractivity contribution in [2.24, 2.45) is 0 Å². The first-order valence-corrected chi connectivity index (χ1v) is 7.66. The van der Waals surface area contributed by atoms with E-state index in [1.54, 1.807) is 0 Å². The summed E-state index contributed by atoms with van der Waals surface area (Å²) in [7, 11) is 0. The largest absolute Gasteiger partial charge is 0.325 e. The Bertz CT molecular complexity index is 615. The lowest BCUT2D eigenvalue weighted by atomic mass is 10.0. The lowest BCUT2D eigenvalue weighted by Gasteiger charge is -2.14. The third-order valence-electron chi connectivity index (χ3n) is 3.52. The highest BCUT2D eigenvalue weighted by Gasteiger charge is 2.10. The standard InChI is InChI=1S/C18H20ClNO/c1-3-14-8-6-9-15(4-2)18(14)20-17(21)12-13-7-5-10-16(19)11-13/h5-11H,3-4,12H2,1-2H3,(H,20,21). The highest BCUT2D eigenvalue weighted by molar-refractivity contribution is 6.30. The Balaban J connectivity index is 2.16. The maximum Gasteiger partial charge on any atom is 0.228 e. The van der Waals surface area contributed by atoms with E-state index in [9.17, 15) is 4.79 Å². The molecule has 0 atom stereocenters. The number of nitrogens with one attached hydrogen (secondary N) is 1. The predicted octanol–water partition coefficient (Wildman–Crippen LogP) is 4.65. The minimum atomic E-state index is -0.00660. The molecule has 0 radical (unpaired) electrons. The Labute approximate surface area is 131 Å². The van der Waals surface area contributed by atoms with Gasteiger partial charge in [-0.15, -0.1) is 0 Å². The number of benzene rings is 2. The monoisotopic (exact) mass is 301 g/mol. The molecule has 110 valence electrons. The van der Waals surface area contributed by atoms with Crippen LogP contribution in [0.15, 0.2) is 42.5 Å². The second kappa shape index (κ2) is 7.28. The van der Waals surface area contributed by atoms with E-state index in [-0.39, 0.29) is 5.91 Å². The first kappa shape index (κ1) is 15.6. The maximum absolute atomic E-state index is 12.3. The second-order valence-electron chi connectivity index (χ2n) is 5.01. The molecular formula is C18H20ClNO. The average Bonchev–Trinajstić information content (AvgIpc) is 2.47. The first-order chi connectivity index (χ1) is 10.1. The molecule has 21 heavy (non-hydrogen) atoms. The average molecular weight is 302 g/mol. The topological polar surface area (TPSA) is 29.1 Å². The van der Waals surface area contributed by atoms with E-state index in [2.05, 4.69) is 31.3 Å². The fourth-order valence-corrected chi connectivity index (χ4v) is 2.63. The van der Waals surface area contributed by atoms with Gasteiger partial charge in [0.05, 0.1) is 6.42 Å². The quantitative estimate of drug-likeness (QED) is 0.856. The zero-order chi connectivity index (χ0) is 15.2. The van der Waals surface area contributed by atoms with E-state index in [4.69, 9.17) is 11.6 Å². The summed E-state index contributed by atoms with van der Waals surface area (Å²) in [6, 6.07) is 13.6. The zero-order valence-electron chi connectivity index (χ0n) is 12.4. The summed E-state index contributed by atoms with van der Waals surface area (Å²) < 4.78 is 0. The third kappa shape index (κ3) is 4.08. The summed E-state index contributed by atoms with van der Waals surface area (Å²) in [5, 5.41) is 3.72. The SMILES string of the molecule is CCc1cccc(CC)c1NC(=O)Cc1cccc(Cl)c1. The van der Waals surface area contributed by atoms with Gasteiger partial charge < -0.3 is 5.32 Å². The van der Waals surface area contributed by atoms with Crippen LogP contribution in [0, 0.1) is 0 Å². The van der Waals surface area contributed by atoms with Crippen LogP contribution in [0.1, 0.15) is 30.5 Å². The first-order valence-electron chi connectivity index (χ1n) is 7.29. The minimum Gasteiger partial charge on any atom is -0.325 e. The van der Waals surface area contributed by atoms with Crippen LogP contribution in [-0.4, -0.2) is 5.91 Å². The van der Waals surface area contributed by atoms with Crippen LogP contribution in [-0.2, 0) is 24.1 Å². The van der Waals surface area contributed by atoms with Crippen LogP contribution >= 0.6 is 11.6 Å². The van der Waals surface area contributed by atoms with E-state index in [0.29, 0.717) is 11.4 Å². The highest BCUT2D eigenvalue weighted by Crippen LogP contribution is 2.23. The molecule has 2 rings (SSSR count). The fourth-order valence-electron chi connectivity index (χ4n) is 2.42. The number of anilines is 1. The van der Waals surface area contributed by atoms with Crippen molar-refractivity contribution in [2.45, 2.75) is 33.1 Å². The van der Waals surface area contributed by atoms with E-state index < -0.39 is 0 Å². The third-order valence-corrected chi connectivity index (χ3v) is 3.75. The Morgan fingerprint density at radius 3 is 2.24 bits per heavy atom. The number of rotatable bonds is 5. The number of carbonyl (C=O) groups is 1. The molecule has 0 fully saturated rings. The lowest BCUT2D eigenvalue weighted by Crippen LogP contribution is -2.17. The number of hydrogen-bond donors (Lipinski definition) is 1. The van der Waals surface area contributed by atoms with Crippen LogP contribution in [0.2, 0.25) is 5.02 Å². The predicted molar refractivity (Wildman–Crippen MR) is 89.0 cm³/mol. The maximum atomic E-state index is 12.3. The summed E-state index contributed by atoms with van der Waals surface area (Å²) in [5.41, 5.74) is 4.24. The van der Waals surface area contributed by atoms with E-state index in [0.717, 1.165) is 24.1 Å². The Kier molecular flexibility index (Phi) is 5.40. The minimum absolute atomic E-state index is 0.00660. The summed E-state index contributed by atoms with van der Waals surface area (Å²) in [5.74, 6) is -0.00660. The van der Waals surface area contributed by atoms with Crippen LogP contribution in [0.4, 0.5) is 5.69 Å². The molecule has 0 unspecified atom stereocenters. The molecule has 0 aliphatic heterocycles. The molecule has 0 aliphatic rings. The molecule has 2 nitrogen and oxygen atoms in total. The molecular weight excluding hydrogens is 282 g/mol. The van der Waals surface area contributed by atoms with Crippen molar-refractivity contribution in [3.8, 4) is 0 Å². The van der Waals surface area contributed by atoms with Gasteiger partial charge in [0.25, 0.3) is 0 Å². The van der Waals surface area contributed by atoms with Gasteiger partial charge in [-0.05, 0) is 41.7 Å². The molecule has 1 N–H and O–H groups in total. The van der Waals surface area contributed by atoms with E-state index in [1.807, 2.05) is 30.3 Å². The fraction of sp³-hybridized carbons (Fsp3) is 0.278. The molecule has 1 amide bonds. The summed E-state index contributed by atoms with van der Waals surface area (Å²) >= 11 is 5.95. The van der Waals surface area contributed by atoms with Crippen LogP contribution in [0.5, 0.6) is 0 Å². The van der Waals surface area contributed by atoms with Crippen LogP contribution < -0.4 is 5.32 Å². The molecule has 0 aliphatic carbocycles. The molecule has 0 heterocycles. The summed E-state index contributed by atoms with van der Waals surface area (Å²) in [6.45, 7) is 4.20. The van der Waals surface area contributed by atoms with Crippen LogP contribution in [0.25, 0.3) is 0 Å². The van der Waals surface area contributed by atoms with Gasteiger partial charge in [0.15, 0.2) is 0 Å². The van der Waals surface area contributed by atoms with Gasteiger partial charge in [0.1, 0.15) is 0 Å². The number of amides is 1. The second-order valence-corrected chi connectivity index (χ2v) is 5.45. The van der Waals surface area contributed by atoms with Gasteiger partial charge in [-0.1, -0.05) is 55.8 Å². The van der Waals surface area contributed by atoms with Crippen molar-refractivity contribution >= 4 is 23.2 Å². The van der Waals surface area contributed by atoms with Gasteiger partial charge in [-0.25, -0.2) is 0 Å². The van der Waals surface area contributed by atoms with Crippen molar-refractivity contribution in [1.29, 1.82) is 0 Å².